The van der Waals surface area contributed by atoms with E-state index in [1.165, 1.54) is 6.42 Å². The Bertz CT molecular complexity index is 651. The van der Waals surface area contributed by atoms with Gasteiger partial charge < -0.3 is 15.1 Å². The molecule has 27 heavy (non-hydrogen) atoms. The average molecular weight is 392 g/mol. The quantitative estimate of drug-likeness (QED) is 0.842. The number of benzene rings is 1. The molecule has 3 heterocycles. The predicted molar refractivity (Wildman–Crippen MR) is 108 cm³/mol. The maximum Gasteiger partial charge on any atom is 0.253 e. The maximum atomic E-state index is 13.0. The Kier molecular flexibility index (Phi) is 6.43. The molecule has 3 aliphatic heterocycles. The Morgan fingerprint density at radius 3 is 2.41 bits per heavy atom. The number of carbonyl (C=O) groups is 2. The van der Waals surface area contributed by atoms with Gasteiger partial charge in [0.2, 0.25) is 5.91 Å². The van der Waals surface area contributed by atoms with Gasteiger partial charge in [0.1, 0.15) is 0 Å². The molecule has 6 heteroatoms. The van der Waals surface area contributed by atoms with Crippen LogP contribution in [-0.4, -0.2) is 60.9 Å². The zero-order valence-corrected chi connectivity index (χ0v) is 16.7. The van der Waals surface area contributed by atoms with E-state index >= 15 is 0 Å². The van der Waals surface area contributed by atoms with Crippen LogP contribution in [0.5, 0.6) is 0 Å². The highest BCUT2D eigenvalue weighted by Crippen LogP contribution is 2.37. The highest BCUT2D eigenvalue weighted by molar-refractivity contribution is 5.94. The Labute approximate surface area is 167 Å². The molecule has 5 nitrogen and oxygen atoms in total. The monoisotopic (exact) mass is 391 g/mol. The molecule has 0 bridgehead atoms. The van der Waals surface area contributed by atoms with E-state index < -0.39 is 0 Å². The Balaban J connectivity index is 0.00000210. The van der Waals surface area contributed by atoms with Gasteiger partial charge >= 0.3 is 0 Å². The number of hydrogen-bond acceptors (Lipinski definition) is 3. The first-order chi connectivity index (χ1) is 12.7. The van der Waals surface area contributed by atoms with Gasteiger partial charge in [-0.2, -0.15) is 0 Å². The minimum atomic E-state index is -0.0350. The summed E-state index contributed by atoms with van der Waals surface area (Å²) in [6.07, 6.45) is 5.30. The van der Waals surface area contributed by atoms with Crippen molar-refractivity contribution in [3.05, 3.63) is 35.9 Å². The van der Waals surface area contributed by atoms with Crippen molar-refractivity contribution in [2.45, 2.75) is 32.1 Å². The van der Waals surface area contributed by atoms with Crippen LogP contribution in [0.25, 0.3) is 0 Å². The van der Waals surface area contributed by atoms with Crippen LogP contribution in [0.2, 0.25) is 0 Å². The van der Waals surface area contributed by atoms with Gasteiger partial charge in [-0.1, -0.05) is 18.2 Å². The fraction of sp³-hybridized carbons (Fsp3) is 0.619. The Hall–Kier alpha value is -1.59. The van der Waals surface area contributed by atoms with Gasteiger partial charge in [0.15, 0.2) is 0 Å². The van der Waals surface area contributed by atoms with E-state index in [2.05, 4.69) is 10.2 Å². The molecular formula is C21H30ClN3O2. The van der Waals surface area contributed by atoms with Crippen molar-refractivity contribution in [1.29, 1.82) is 0 Å². The van der Waals surface area contributed by atoms with E-state index in [-0.39, 0.29) is 30.1 Å². The number of carbonyl (C=O) groups excluding carboxylic acids is 2. The van der Waals surface area contributed by atoms with E-state index in [0.29, 0.717) is 17.5 Å². The normalized spacial score (nSPS) is 24.5. The van der Waals surface area contributed by atoms with Gasteiger partial charge in [-0.3, -0.25) is 9.59 Å². The summed E-state index contributed by atoms with van der Waals surface area (Å²) < 4.78 is 0. The molecule has 0 radical (unpaired) electrons. The van der Waals surface area contributed by atoms with Gasteiger partial charge in [-0.15, -0.1) is 12.4 Å². The number of likely N-dealkylation sites (tertiary alicyclic amines) is 2. The van der Waals surface area contributed by atoms with Crippen LogP contribution in [0.15, 0.2) is 30.3 Å². The zero-order chi connectivity index (χ0) is 18.0. The van der Waals surface area contributed by atoms with Crippen molar-refractivity contribution in [2.75, 3.05) is 39.3 Å². The molecule has 1 N–H and O–H groups in total. The molecule has 1 aromatic rings. The average Bonchev–Trinajstić information content (AvgIpc) is 3.16. The van der Waals surface area contributed by atoms with Crippen LogP contribution in [0.4, 0.5) is 0 Å². The molecule has 3 aliphatic rings. The number of rotatable bonds is 2. The highest BCUT2D eigenvalue weighted by Gasteiger charge is 2.40. The molecule has 0 aliphatic carbocycles. The predicted octanol–water partition coefficient (Wildman–Crippen LogP) is 2.56. The van der Waals surface area contributed by atoms with Gasteiger partial charge in [-0.25, -0.2) is 0 Å². The van der Waals surface area contributed by atoms with Crippen LogP contribution in [0.1, 0.15) is 42.5 Å². The van der Waals surface area contributed by atoms with Crippen molar-refractivity contribution in [3.63, 3.8) is 0 Å². The van der Waals surface area contributed by atoms with Gasteiger partial charge in [0.25, 0.3) is 5.91 Å². The molecule has 3 fully saturated rings. The summed E-state index contributed by atoms with van der Waals surface area (Å²) in [4.78, 5) is 29.7. The maximum absolute atomic E-state index is 13.0. The lowest BCUT2D eigenvalue weighted by molar-refractivity contribution is -0.139. The molecule has 1 atom stereocenters. The van der Waals surface area contributed by atoms with Crippen molar-refractivity contribution >= 4 is 24.2 Å². The number of nitrogens with one attached hydrogen (secondary N) is 1. The molecule has 0 saturated carbocycles. The van der Waals surface area contributed by atoms with E-state index in [0.717, 1.165) is 58.4 Å². The van der Waals surface area contributed by atoms with Crippen LogP contribution >= 0.6 is 12.4 Å². The third-order valence-corrected chi connectivity index (χ3v) is 6.55. The molecular weight excluding hydrogens is 362 g/mol. The van der Waals surface area contributed by atoms with Crippen molar-refractivity contribution in [3.8, 4) is 0 Å². The smallest absolute Gasteiger partial charge is 0.253 e. The second-order valence-corrected chi connectivity index (χ2v) is 8.21. The van der Waals surface area contributed by atoms with Crippen molar-refractivity contribution in [1.82, 2.24) is 15.1 Å². The standard InChI is InChI=1S/C21H29N3O2.ClH/c25-19(17-5-2-1-3-6-17)24-12-4-7-18(15-24)20(26)23-13-9-21(10-14-23)8-11-22-16-21;/h1-3,5-6,18,22H,4,7-16H2;1H. The molecule has 3 saturated heterocycles. The van der Waals surface area contributed by atoms with E-state index in [1.54, 1.807) is 0 Å². The molecule has 0 aromatic heterocycles. The summed E-state index contributed by atoms with van der Waals surface area (Å²) in [5, 5.41) is 3.48. The summed E-state index contributed by atoms with van der Waals surface area (Å²) in [5.74, 6) is 0.279. The first kappa shape index (κ1) is 20.2. The molecule has 4 rings (SSSR count). The third kappa shape index (κ3) is 4.30. The first-order valence-electron chi connectivity index (χ1n) is 10.0. The third-order valence-electron chi connectivity index (χ3n) is 6.55. The topological polar surface area (TPSA) is 52.7 Å². The van der Waals surface area contributed by atoms with E-state index in [4.69, 9.17) is 0 Å². The number of amides is 2. The SMILES string of the molecule is Cl.O=C(c1ccccc1)N1CCCC(C(=O)N2CCC3(CCNC3)CC2)C1. The Morgan fingerprint density at radius 1 is 1.00 bits per heavy atom. The number of halogens is 1. The Morgan fingerprint density at radius 2 is 1.74 bits per heavy atom. The van der Waals surface area contributed by atoms with Crippen LogP contribution in [-0.2, 0) is 4.79 Å². The second-order valence-electron chi connectivity index (χ2n) is 8.21. The van der Waals surface area contributed by atoms with Gasteiger partial charge in [0, 0.05) is 38.3 Å². The summed E-state index contributed by atoms with van der Waals surface area (Å²) in [5.41, 5.74) is 1.15. The lowest BCUT2D eigenvalue weighted by Gasteiger charge is -2.41. The second kappa shape index (κ2) is 8.61. The van der Waals surface area contributed by atoms with E-state index in [9.17, 15) is 9.59 Å². The summed E-state index contributed by atoms with van der Waals surface area (Å²) >= 11 is 0. The number of hydrogen-bond donors (Lipinski definition) is 1. The van der Waals surface area contributed by atoms with E-state index in [1.807, 2.05) is 35.2 Å². The summed E-state index contributed by atoms with van der Waals surface area (Å²) in [6.45, 7) is 5.31. The lowest BCUT2D eigenvalue weighted by Crippen LogP contribution is -2.50. The first-order valence-corrected chi connectivity index (χ1v) is 10.0. The van der Waals surface area contributed by atoms with Crippen molar-refractivity contribution < 1.29 is 9.59 Å². The number of piperidine rings is 2. The van der Waals surface area contributed by atoms with Gasteiger partial charge in [-0.05, 0) is 56.2 Å². The molecule has 2 amide bonds. The molecule has 1 unspecified atom stereocenters. The minimum Gasteiger partial charge on any atom is -0.342 e. The zero-order valence-electron chi connectivity index (χ0n) is 15.9. The highest BCUT2D eigenvalue weighted by atomic mass is 35.5. The fourth-order valence-electron chi connectivity index (χ4n) is 4.81. The van der Waals surface area contributed by atoms with Crippen molar-refractivity contribution in [2.24, 2.45) is 11.3 Å². The van der Waals surface area contributed by atoms with Crippen LogP contribution in [0.3, 0.4) is 0 Å². The minimum absolute atomic E-state index is 0. The summed E-state index contributed by atoms with van der Waals surface area (Å²) in [7, 11) is 0. The van der Waals surface area contributed by atoms with Gasteiger partial charge in [0.05, 0.1) is 5.92 Å². The van der Waals surface area contributed by atoms with Crippen LogP contribution < -0.4 is 5.32 Å². The molecule has 1 aromatic carbocycles. The van der Waals surface area contributed by atoms with Crippen LogP contribution in [0, 0.1) is 11.3 Å². The lowest BCUT2D eigenvalue weighted by atomic mass is 9.77. The molecule has 1 spiro atoms. The number of nitrogens with zero attached hydrogens (tertiary/aromatic N) is 2. The molecule has 148 valence electrons. The largest absolute Gasteiger partial charge is 0.342 e. The summed E-state index contributed by atoms with van der Waals surface area (Å²) in [6, 6.07) is 9.41. The fourth-order valence-corrected chi connectivity index (χ4v) is 4.81.